The van der Waals surface area contributed by atoms with Crippen molar-refractivity contribution in [2.75, 3.05) is 0 Å². The highest BCUT2D eigenvalue weighted by Crippen LogP contribution is 2.33. The van der Waals surface area contributed by atoms with Crippen LogP contribution < -0.4 is 0 Å². The molecule has 0 bridgehead atoms. The average Bonchev–Trinajstić information content (AvgIpc) is 2.97. The number of benzene rings is 3. The zero-order chi connectivity index (χ0) is 27.5. The van der Waals surface area contributed by atoms with Gasteiger partial charge in [0.2, 0.25) is 0 Å². The zero-order valence-electron chi connectivity index (χ0n) is 23.3. The van der Waals surface area contributed by atoms with Crippen LogP contribution >= 0.6 is 0 Å². The molecule has 0 unspecified atom stereocenters. The maximum absolute atomic E-state index is 5.01. The van der Waals surface area contributed by atoms with E-state index >= 15 is 0 Å². The Balaban J connectivity index is 1.60. The fraction of sp³-hybridized carbons (Fsp3) is 0.132. The molecule has 1 aliphatic rings. The quantitative estimate of drug-likeness (QED) is 0.202. The van der Waals surface area contributed by atoms with Crippen LogP contribution in [0, 0.1) is 6.92 Å². The summed E-state index contributed by atoms with van der Waals surface area (Å²) in [6, 6.07) is 27.5. The maximum atomic E-state index is 5.01. The van der Waals surface area contributed by atoms with Gasteiger partial charge in [0.25, 0.3) is 0 Å². The third-order valence-corrected chi connectivity index (χ3v) is 6.78. The molecule has 0 saturated carbocycles. The van der Waals surface area contributed by atoms with Crippen LogP contribution in [0.1, 0.15) is 54.5 Å². The molecule has 3 aromatic carbocycles. The summed E-state index contributed by atoms with van der Waals surface area (Å²) in [5.74, 6) is 0. The summed E-state index contributed by atoms with van der Waals surface area (Å²) in [6.07, 6.45) is 20.9. The Morgan fingerprint density at radius 2 is 1.46 bits per heavy atom. The van der Waals surface area contributed by atoms with Gasteiger partial charge in [-0.1, -0.05) is 128 Å². The van der Waals surface area contributed by atoms with Crippen LogP contribution in [0.4, 0.5) is 0 Å². The van der Waals surface area contributed by atoms with E-state index in [1.165, 1.54) is 27.8 Å². The smallest absolute Gasteiger partial charge is 0.0711 e. The van der Waals surface area contributed by atoms with Gasteiger partial charge in [-0.05, 0) is 79.2 Å². The fourth-order valence-corrected chi connectivity index (χ4v) is 4.64. The molecule has 0 radical (unpaired) electrons. The average molecular weight is 508 g/mol. The lowest BCUT2D eigenvalue weighted by Gasteiger charge is -2.17. The molecule has 0 N–H and O–H groups in total. The van der Waals surface area contributed by atoms with E-state index in [1.54, 1.807) is 0 Å². The Hall–Kier alpha value is -4.49. The van der Waals surface area contributed by atoms with Gasteiger partial charge in [0.1, 0.15) is 0 Å². The summed E-state index contributed by atoms with van der Waals surface area (Å²) in [6.45, 7) is 10.6. The molecule has 1 aliphatic carbocycles. The molecule has 0 fully saturated rings. The largest absolute Gasteiger partial charge is 0.248 e. The van der Waals surface area contributed by atoms with Gasteiger partial charge in [-0.3, -0.25) is 0 Å². The van der Waals surface area contributed by atoms with Gasteiger partial charge >= 0.3 is 0 Å². The number of rotatable bonds is 9. The fourth-order valence-electron chi connectivity index (χ4n) is 4.64. The van der Waals surface area contributed by atoms with Crippen molar-refractivity contribution in [2.45, 2.75) is 33.6 Å². The molecule has 0 spiro atoms. The Bertz CT molecular complexity index is 1520. The summed E-state index contributed by atoms with van der Waals surface area (Å²) < 4.78 is 0. The van der Waals surface area contributed by atoms with Crippen LogP contribution in [0.2, 0.25) is 0 Å². The van der Waals surface area contributed by atoms with E-state index in [1.807, 2.05) is 55.5 Å². The molecule has 0 atom stereocenters. The van der Waals surface area contributed by atoms with Crippen molar-refractivity contribution < 1.29 is 0 Å². The predicted molar refractivity (Wildman–Crippen MR) is 172 cm³/mol. The number of aryl methyl sites for hydroxylation is 1. The van der Waals surface area contributed by atoms with Gasteiger partial charge in [-0.15, -0.1) is 0 Å². The van der Waals surface area contributed by atoms with E-state index in [9.17, 15) is 0 Å². The lowest BCUT2D eigenvalue weighted by Crippen LogP contribution is -1.99. The first-order valence-electron chi connectivity index (χ1n) is 13.6. The first kappa shape index (κ1) is 27.5. The second-order valence-corrected chi connectivity index (χ2v) is 9.75. The summed E-state index contributed by atoms with van der Waals surface area (Å²) >= 11 is 0. The topological polar surface area (TPSA) is 12.4 Å². The van der Waals surface area contributed by atoms with Crippen LogP contribution in [0.3, 0.4) is 0 Å². The highest BCUT2D eigenvalue weighted by Gasteiger charge is 2.12. The van der Waals surface area contributed by atoms with E-state index in [0.29, 0.717) is 0 Å². The normalized spacial score (nSPS) is 14.7. The van der Waals surface area contributed by atoms with E-state index in [0.717, 1.165) is 41.0 Å². The molecule has 194 valence electrons. The van der Waals surface area contributed by atoms with Crippen LogP contribution in [-0.4, -0.2) is 5.71 Å². The highest BCUT2D eigenvalue weighted by molar-refractivity contribution is 6.11. The molecule has 3 aromatic rings. The molecule has 0 amide bonds. The second-order valence-electron chi connectivity index (χ2n) is 9.75. The minimum Gasteiger partial charge on any atom is -0.248 e. The van der Waals surface area contributed by atoms with E-state index in [-0.39, 0.29) is 0 Å². The number of aliphatic imine (C=N–C) groups is 1. The first-order valence-corrected chi connectivity index (χ1v) is 13.6. The molecular weight excluding hydrogens is 470 g/mol. The van der Waals surface area contributed by atoms with Gasteiger partial charge in [0, 0.05) is 11.1 Å². The summed E-state index contributed by atoms with van der Waals surface area (Å²) in [5.41, 5.74) is 11.5. The molecule has 0 aromatic heterocycles. The summed E-state index contributed by atoms with van der Waals surface area (Å²) in [5, 5.41) is 0. The van der Waals surface area contributed by atoms with Crippen LogP contribution in [0.5, 0.6) is 0 Å². The van der Waals surface area contributed by atoms with Gasteiger partial charge in [0.15, 0.2) is 0 Å². The minimum absolute atomic E-state index is 0.754. The van der Waals surface area contributed by atoms with Crippen molar-refractivity contribution in [3.05, 3.63) is 174 Å². The molecule has 0 saturated heterocycles. The molecule has 0 heterocycles. The summed E-state index contributed by atoms with van der Waals surface area (Å²) in [4.78, 5) is 5.01. The molecular formula is C38H37N. The molecule has 4 rings (SSSR count). The molecule has 1 nitrogen and oxygen atoms in total. The Morgan fingerprint density at radius 1 is 0.769 bits per heavy atom. The Labute approximate surface area is 234 Å². The Morgan fingerprint density at radius 3 is 2.21 bits per heavy atom. The van der Waals surface area contributed by atoms with Crippen LogP contribution in [0.25, 0.3) is 16.8 Å². The van der Waals surface area contributed by atoms with E-state index < -0.39 is 0 Å². The van der Waals surface area contributed by atoms with Gasteiger partial charge in [-0.2, -0.15) is 0 Å². The molecule has 0 aliphatic heterocycles. The lowest BCUT2D eigenvalue weighted by atomic mass is 9.88. The zero-order valence-corrected chi connectivity index (χ0v) is 23.3. The van der Waals surface area contributed by atoms with Crippen molar-refractivity contribution in [1.29, 1.82) is 0 Å². The maximum Gasteiger partial charge on any atom is 0.0711 e. The highest BCUT2D eigenvalue weighted by atomic mass is 14.8. The third-order valence-electron chi connectivity index (χ3n) is 6.78. The van der Waals surface area contributed by atoms with Gasteiger partial charge in [-0.25, -0.2) is 4.99 Å². The number of nitrogens with zero attached hydrogens (tertiary/aromatic N) is 1. The Kier molecular flexibility index (Phi) is 9.80. The number of hydrogen-bond donors (Lipinski definition) is 0. The molecule has 39 heavy (non-hydrogen) atoms. The SMILES string of the molecule is C=C(N=C(/C=C(C)/C=C/C=C\C=C/C)c1ccccc1)c1cccc(C2=CC=C(c3ccccc3C)CC2)c1. The second kappa shape index (κ2) is 13.9. The van der Waals surface area contributed by atoms with Crippen molar-refractivity contribution in [1.82, 2.24) is 0 Å². The standard InChI is InChI=1S/C38H37N/c1-5-6-7-8-10-16-29(2)27-38(34-18-11-9-12-19-34)39-31(4)35-20-15-21-36(28-35)32-23-25-33(26-24-32)37-22-14-13-17-30(37)3/h5-23,25,27-28H,4,24,26H2,1-3H3/b6-5-,8-7-,16-10+,29-27+,39-38?. The third kappa shape index (κ3) is 7.75. The van der Waals surface area contributed by atoms with E-state index in [4.69, 9.17) is 4.99 Å². The van der Waals surface area contributed by atoms with E-state index in [2.05, 4.69) is 105 Å². The number of allylic oxidation sites excluding steroid dienone is 12. The van der Waals surface area contributed by atoms with Crippen molar-refractivity contribution in [3.8, 4) is 0 Å². The molecule has 1 heteroatoms. The van der Waals surface area contributed by atoms with Gasteiger partial charge < -0.3 is 0 Å². The summed E-state index contributed by atoms with van der Waals surface area (Å²) in [7, 11) is 0. The first-order chi connectivity index (χ1) is 19.0. The van der Waals surface area contributed by atoms with Crippen molar-refractivity contribution in [3.63, 3.8) is 0 Å². The minimum atomic E-state index is 0.754. The van der Waals surface area contributed by atoms with Crippen LogP contribution in [-0.2, 0) is 0 Å². The van der Waals surface area contributed by atoms with Crippen molar-refractivity contribution >= 4 is 22.6 Å². The number of hydrogen-bond acceptors (Lipinski definition) is 1. The van der Waals surface area contributed by atoms with Crippen molar-refractivity contribution in [2.24, 2.45) is 4.99 Å². The monoisotopic (exact) mass is 507 g/mol. The van der Waals surface area contributed by atoms with Gasteiger partial charge in [0.05, 0.1) is 11.4 Å². The lowest BCUT2D eigenvalue weighted by molar-refractivity contribution is 1.07. The van der Waals surface area contributed by atoms with Crippen LogP contribution in [0.15, 0.2) is 151 Å². The predicted octanol–water partition coefficient (Wildman–Crippen LogP) is 10.4.